The van der Waals surface area contributed by atoms with Crippen LogP contribution in [-0.4, -0.2) is 54.8 Å². The number of carbonyl (C=O) groups is 1. The average Bonchev–Trinajstić information content (AvgIpc) is 2.78. The van der Waals surface area contributed by atoms with Crippen molar-refractivity contribution in [1.82, 2.24) is 4.90 Å². The van der Waals surface area contributed by atoms with Gasteiger partial charge in [-0.05, 0) is 50.3 Å². The van der Waals surface area contributed by atoms with Crippen molar-refractivity contribution in [1.29, 1.82) is 0 Å². The maximum Gasteiger partial charge on any atom is 0.251 e. The SMILES string of the molecule is CCN1C(=O)C(C)N(c2ccc(N3CCOCC3)cc2)C1=S. The number of rotatable bonds is 3. The smallest absolute Gasteiger partial charge is 0.251 e. The molecule has 118 valence electrons. The van der Waals surface area contributed by atoms with Crippen molar-refractivity contribution < 1.29 is 9.53 Å². The van der Waals surface area contributed by atoms with E-state index >= 15 is 0 Å². The number of nitrogens with zero attached hydrogens (tertiary/aromatic N) is 3. The summed E-state index contributed by atoms with van der Waals surface area (Å²) in [4.78, 5) is 18.1. The molecule has 3 rings (SSSR count). The molecule has 0 aromatic heterocycles. The fraction of sp³-hybridized carbons (Fsp3) is 0.500. The van der Waals surface area contributed by atoms with Crippen LogP contribution in [0.3, 0.4) is 0 Å². The molecule has 22 heavy (non-hydrogen) atoms. The fourth-order valence-corrected chi connectivity index (χ4v) is 3.48. The number of hydrogen-bond donors (Lipinski definition) is 0. The lowest BCUT2D eigenvalue weighted by atomic mass is 10.2. The summed E-state index contributed by atoms with van der Waals surface area (Å²) in [6.45, 7) is 7.84. The number of ether oxygens (including phenoxy) is 1. The van der Waals surface area contributed by atoms with Crippen LogP contribution in [-0.2, 0) is 9.53 Å². The zero-order valence-corrected chi connectivity index (χ0v) is 13.8. The molecule has 5 nitrogen and oxygen atoms in total. The number of benzene rings is 1. The van der Waals surface area contributed by atoms with Crippen molar-refractivity contribution in [2.24, 2.45) is 0 Å². The van der Waals surface area contributed by atoms with E-state index in [2.05, 4.69) is 17.0 Å². The Morgan fingerprint density at radius 3 is 2.32 bits per heavy atom. The Hall–Kier alpha value is -1.66. The summed E-state index contributed by atoms with van der Waals surface area (Å²) >= 11 is 5.46. The third-order valence-corrected chi connectivity index (χ3v) is 4.69. The van der Waals surface area contributed by atoms with Crippen molar-refractivity contribution in [3.8, 4) is 0 Å². The summed E-state index contributed by atoms with van der Waals surface area (Å²) in [5.74, 6) is 0.0738. The van der Waals surface area contributed by atoms with Crippen molar-refractivity contribution in [3.05, 3.63) is 24.3 Å². The average molecular weight is 319 g/mol. The van der Waals surface area contributed by atoms with E-state index in [9.17, 15) is 4.79 Å². The minimum absolute atomic E-state index is 0.0738. The molecule has 0 radical (unpaired) electrons. The molecule has 2 heterocycles. The Morgan fingerprint density at radius 2 is 1.77 bits per heavy atom. The summed E-state index contributed by atoms with van der Waals surface area (Å²) in [5.41, 5.74) is 2.15. The minimum Gasteiger partial charge on any atom is -0.378 e. The molecule has 1 aromatic carbocycles. The highest BCUT2D eigenvalue weighted by Crippen LogP contribution is 2.28. The molecular weight excluding hydrogens is 298 g/mol. The topological polar surface area (TPSA) is 36.0 Å². The fourth-order valence-electron chi connectivity index (χ4n) is 3.00. The molecule has 0 saturated carbocycles. The Balaban J connectivity index is 1.80. The van der Waals surface area contributed by atoms with Crippen molar-refractivity contribution in [2.45, 2.75) is 19.9 Å². The Kier molecular flexibility index (Phi) is 4.31. The Labute approximate surface area is 136 Å². The largest absolute Gasteiger partial charge is 0.378 e. The molecule has 2 aliphatic rings. The number of morpholine rings is 1. The summed E-state index contributed by atoms with van der Waals surface area (Å²) in [7, 11) is 0. The number of hydrogen-bond acceptors (Lipinski definition) is 4. The molecule has 1 atom stereocenters. The second kappa shape index (κ2) is 6.22. The highest BCUT2D eigenvalue weighted by Gasteiger charge is 2.39. The van der Waals surface area contributed by atoms with Crippen molar-refractivity contribution in [2.75, 3.05) is 42.6 Å². The van der Waals surface area contributed by atoms with Crippen LogP contribution < -0.4 is 9.80 Å². The molecule has 1 unspecified atom stereocenters. The van der Waals surface area contributed by atoms with E-state index in [0.717, 1.165) is 32.0 Å². The van der Waals surface area contributed by atoms with Gasteiger partial charge in [0.05, 0.1) is 13.2 Å². The lowest BCUT2D eigenvalue weighted by Gasteiger charge is -2.29. The summed E-state index contributed by atoms with van der Waals surface area (Å²) in [6, 6.07) is 8.03. The van der Waals surface area contributed by atoms with Gasteiger partial charge in [0.15, 0.2) is 5.11 Å². The molecule has 2 saturated heterocycles. The minimum atomic E-state index is -0.235. The predicted molar refractivity (Wildman–Crippen MR) is 91.4 cm³/mol. The van der Waals surface area contributed by atoms with Gasteiger partial charge in [-0.1, -0.05) is 0 Å². The van der Waals surface area contributed by atoms with Gasteiger partial charge in [-0.2, -0.15) is 0 Å². The second-order valence-electron chi connectivity index (χ2n) is 5.53. The highest BCUT2D eigenvalue weighted by atomic mass is 32.1. The molecule has 2 fully saturated rings. The van der Waals surface area contributed by atoms with Crippen molar-refractivity contribution in [3.63, 3.8) is 0 Å². The van der Waals surface area contributed by atoms with Crippen LogP contribution in [0.2, 0.25) is 0 Å². The van der Waals surface area contributed by atoms with Gasteiger partial charge in [-0.3, -0.25) is 9.69 Å². The van der Waals surface area contributed by atoms with Crippen LogP contribution in [0.15, 0.2) is 24.3 Å². The van der Waals surface area contributed by atoms with Crippen LogP contribution in [0.25, 0.3) is 0 Å². The third-order valence-electron chi connectivity index (χ3n) is 4.27. The predicted octanol–water partition coefficient (Wildman–Crippen LogP) is 1.87. The van der Waals surface area contributed by atoms with Gasteiger partial charge in [0, 0.05) is 31.0 Å². The molecule has 6 heteroatoms. The maximum absolute atomic E-state index is 12.2. The summed E-state index contributed by atoms with van der Waals surface area (Å²) in [6.07, 6.45) is 0. The van der Waals surface area contributed by atoms with E-state index in [-0.39, 0.29) is 11.9 Å². The van der Waals surface area contributed by atoms with Gasteiger partial charge in [-0.25, -0.2) is 0 Å². The molecule has 1 aromatic rings. The van der Waals surface area contributed by atoms with E-state index < -0.39 is 0 Å². The van der Waals surface area contributed by atoms with E-state index in [1.54, 1.807) is 4.90 Å². The van der Waals surface area contributed by atoms with Crippen LogP contribution in [0.1, 0.15) is 13.8 Å². The first-order valence-electron chi connectivity index (χ1n) is 7.71. The zero-order valence-electron chi connectivity index (χ0n) is 13.0. The van der Waals surface area contributed by atoms with Crippen molar-refractivity contribution >= 4 is 34.6 Å². The number of likely N-dealkylation sites (N-methyl/N-ethyl adjacent to an activating group) is 1. The summed E-state index contributed by atoms with van der Waals surface area (Å²) in [5, 5.41) is 0.596. The number of thiocarbonyl (C=S) groups is 1. The molecule has 2 aliphatic heterocycles. The number of amides is 1. The van der Waals surface area contributed by atoms with E-state index in [1.165, 1.54) is 5.69 Å². The van der Waals surface area contributed by atoms with Crippen LogP contribution in [0, 0.1) is 0 Å². The normalized spacial score (nSPS) is 22.6. The first-order valence-corrected chi connectivity index (χ1v) is 8.11. The van der Waals surface area contributed by atoms with Gasteiger partial charge in [0.1, 0.15) is 6.04 Å². The maximum atomic E-state index is 12.2. The third kappa shape index (κ3) is 2.57. The number of anilines is 2. The van der Waals surface area contributed by atoms with Gasteiger partial charge < -0.3 is 14.5 Å². The first-order chi connectivity index (χ1) is 10.6. The van der Waals surface area contributed by atoms with E-state index in [1.807, 2.05) is 30.9 Å². The van der Waals surface area contributed by atoms with Gasteiger partial charge in [-0.15, -0.1) is 0 Å². The van der Waals surface area contributed by atoms with Crippen LogP contribution in [0.4, 0.5) is 11.4 Å². The monoisotopic (exact) mass is 319 g/mol. The Morgan fingerprint density at radius 1 is 1.18 bits per heavy atom. The van der Waals surface area contributed by atoms with Gasteiger partial charge in [0.25, 0.3) is 5.91 Å². The molecule has 0 N–H and O–H groups in total. The van der Waals surface area contributed by atoms with E-state index in [4.69, 9.17) is 17.0 Å². The van der Waals surface area contributed by atoms with Crippen LogP contribution in [0.5, 0.6) is 0 Å². The quantitative estimate of drug-likeness (QED) is 0.795. The molecule has 1 amide bonds. The second-order valence-corrected chi connectivity index (χ2v) is 5.89. The molecule has 0 spiro atoms. The van der Waals surface area contributed by atoms with E-state index in [0.29, 0.717) is 11.7 Å². The van der Waals surface area contributed by atoms with Crippen LogP contribution >= 0.6 is 12.2 Å². The molecule has 0 bridgehead atoms. The Bertz CT molecular complexity index is 569. The molecular formula is C16H21N3O2S. The zero-order chi connectivity index (χ0) is 15.7. The number of carbonyl (C=O) groups excluding carboxylic acids is 1. The summed E-state index contributed by atoms with van der Waals surface area (Å²) < 4.78 is 5.38. The highest BCUT2D eigenvalue weighted by molar-refractivity contribution is 7.80. The first kappa shape index (κ1) is 15.2. The lowest BCUT2D eigenvalue weighted by molar-refractivity contribution is -0.126. The lowest BCUT2D eigenvalue weighted by Crippen LogP contribution is -2.36. The van der Waals surface area contributed by atoms with Gasteiger partial charge in [0.2, 0.25) is 0 Å². The van der Waals surface area contributed by atoms with Gasteiger partial charge >= 0.3 is 0 Å². The standard InChI is InChI=1S/C16H21N3O2S/c1-3-18-15(20)12(2)19(16(18)22)14-6-4-13(5-7-14)17-8-10-21-11-9-17/h4-7,12H,3,8-11H2,1-2H3. The molecule has 0 aliphatic carbocycles.